The molecule has 0 amide bonds. The third-order valence-corrected chi connectivity index (χ3v) is 5.27. The molecule has 0 spiro atoms. The van der Waals surface area contributed by atoms with E-state index in [1.807, 2.05) is 0 Å². The number of hydrogen-bond acceptors (Lipinski definition) is 3. The number of aromatic amines is 1. The van der Waals surface area contributed by atoms with Gasteiger partial charge in [-0.25, -0.2) is 4.98 Å². The van der Waals surface area contributed by atoms with Crippen LogP contribution in [-0.4, -0.2) is 9.97 Å². The summed E-state index contributed by atoms with van der Waals surface area (Å²) in [6, 6.07) is 0. The van der Waals surface area contributed by atoms with E-state index in [1.54, 1.807) is 11.3 Å². The predicted molar refractivity (Wildman–Crippen MR) is 68.9 cm³/mol. The number of aromatic nitrogens is 2. The minimum atomic E-state index is 0.0938. The minimum Gasteiger partial charge on any atom is -0.310 e. The van der Waals surface area contributed by atoms with Gasteiger partial charge in [-0.3, -0.25) is 4.79 Å². The second-order valence-corrected chi connectivity index (χ2v) is 6.20. The molecule has 1 fully saturated rings. The molecule has 0 radical (unpaired) electrons. The van der Waals surface area contributed by atoms with Crippen molar-refractivity contribution < 1.29 is 0 Å². The lowest BCUT2D eigenvalue weighted by molar-refractivity contribution is 0.402. The van der Waals surface area contributed by atoms with Crippen molar-refractivity contribution in [2.75, 3.05) is 0 Å². The van der Waals surface area contributed by atoms with Crippen LogP contribution < -0.4 is 5.56 Å². The Morgan fingerprint density at radius 3 is 2.88 bits per heavy atom. The molecule has 3 nitrogen and oxygen atoms in total. The number of fused-ring (bicyclic) bond motifs is 3. The van der Waals surface area contributed by atoms with E-state index in [9.17, 15) is 4.79 Å². The smallest absolute Gasteiger partial charge is 0.259 e. The van der Waals surface area contributed by atoms with E-state index in [-0.39, 0.29) is 5.56 Å². The van der Waals surface area contributed by atoms with Crippen molar-refractivity contribution in [3.8, 4) is 0 Å². The number of hydrogen-bond donors (Lipinski definition) is 1. The quantitative estimate of drug-likeness (QED) is 0.841. The Kier molecular flexibility index (Phi) is 1.98. The fourth-order valence-corrected chi connectivity index (χ4v) is 4.16. The van der Waals surface area contributed by atoms with Gasteiger partial charge in [-0.1, -0.05) is 6.42 Å². The number of nitrogens with zero attached hydrogens (tertiary/aromatic N) is 1. The topological polar surface area (TPSA) is 45.8 Å². The maximum absolute atomic E-state index is 12.2. The van der Waals surface area contributed by atoms with Gasteiger partial charge in [-0.05, 0) is 37.7 Å². The lowest BCUT2D eigenvalue weighted by Gasteiger charge is -2.23. The van der Waals surface area contributed by atoms with Gasteiger partial charge in [0.1, 0.15) is 10.7 Å². The van der Waals surface area contributed by atoms with Crippen LogP contribution in [0.5, 0.6) is 0 Å². The van der Waals surface area contributed by atoms with Gasteiger partial charge in [0, 0.05) is 10.8 Å². The van der Waals surface area contributed by atoms with Gasteiger partial charge in [0.2, 0.25) is 0 Å². The molecule has 2 aliphatic carbocycles. The Balaban J connectivity index is 1.96. The Hall–Kier alpha value is -1.16. The van der Waals surface area contributed by atoms with Crippen molar-refractivity contribution in [2.24, 2.45) is 0 Å². The van der Waals surface area contributed by atoms with Crippen LogP contribution >= 0.6 is 11.3 Å². The van der Waals surface area contributed by atoms with Gasteiger partial charge in [-0.2, -0.15) is 0 Å². The molecule has 2 aliphatic rings. The van der Waals surface area contributed by atoms with Crippen LogP contribution in [0.25, 0.3) is 10.2 Å². The second-order valence-electron chi connectivity index (χ2n) is 5.12. The van der Waals surface area contributed by atoms with E-state index in [4.69, 9.17) is 0 Å². The average Bonchev–Trinajstić information content (AvgIpc) is 2.72. The predicted octanol–water partition coefficient (Wildman–Crippen LogP) is 2.74. The average molecular weight is 246 g/mol. The fourth-order valence-electron chi connectivity index (χ4n) is 2.89. The first-order chi connectivity index (χ1) is 8.33. The molecule has 0 aromatic carbocycles. The van der Waals surface area contributed by atoms with E-state index in [1.165, 1.54) is 36.1 Å². The van der Waals surface area contributed by atoms with E-state index < -0.39 is 0 Å². The van der Waals surface area contributed by atoms with Crippen molar-refractivity contribution >= 4 is 21.6 Å². The lowest BCUT2D eigenvalue weighted by atomic mass is 9.85. The van der Waals surface area contributed by atoms with Gasteiger partial charge in [0.15, 0.2) is 0 Å². The summed E-state index contributed by atoms with van der Waals surface area (Å²) < 4.78 is 0. The highest BCUT2D eigenvalue weighted by Gasteiger charge is 2.25. The van der Waals surface area contributed by atoms with Crippen LogP contribution in [0.2, 0.25) is 0 Å². The molecule has 1 saturated carbocycles. The molecule has 0 atom stereocenters. The van der Waals surface area contributed by atoms with Crippen LogP contribution in [0.1, 0.15) is 47.9 Å². The highest BCUT2D eigenvalue weighted by molar-refractivity contribution is 7.18. The summed E-state index contributed by atoms with van der Waals surface area (Å²) in [5.74, 6) is 1.43. The van der Waals surface area contributed by atoms with Crippen molar-refractivity contribution in [1.82, 2.24) is 9.97 Å². The normalized spacial score (nSPS) is 19.5. The SMILES string of the molecule is O=c1[nH]c(C2CCC2)nc2sc3c(c12)CCC3. The summed E-state index contributed by atoms with van der Waals surface area (Å²) in [6.07, 6.45) is 7.02. The van der Waals surface area contributed by atoms with Crippen LogP contribution in [0, 0.1) is 0 Å². The molecule has 2 aromatic rings. The first kappa shape index (κ1) is 9.83. The molecule has 88 valence electrons. The Morgan fingerprint density at radius 2 is 2.12 bits per heavy atom. The van der Waals surface area contributed by atoms with E-state index in [2.05, 4.69) is 9.97 Å². The molecule has 2 heterocycles. The first-order valence-electron chi connectivity index (χ1n) is 6.37. The summed E-state index contributed by atoms with van der Waals surface area (Å²) in [7, 11) is 0. The van der Waals surface area contributed by atoms with Gasteiger partial charge in [-0.15, -0.1) is 11.3 Å². The largest absolute Gasteiger partial charge is 0.310 e. The van der Waals surface area contributed by atoms with Crippen molar-refractivity contribution in [2.45, 2.75) is 44.4 Å². The first-order valence-corrected chi connectivity index (χ1v) is 7.19. The number of thiophene rings is 1. The van der Waals surface area contributed by atoms with Crippen molar-refractivity contribution in [1.29, 1.82) is 0 Å². The van der Waals surface area contributed by atoms with Crippen molar-refractivity contribution in [3.63, 3.8) is 0 Å². The van der Waals surface area contributed by atoms with Crippen molar-refractivity contribution in [3.05, 3.63) is 26.6 Å². The minimum absolute atomic E-state index is 0.0938. The highest BCUT2D eigenvalue weighted by atomic mass is 32.1. The molecule has 17 heavy (non-hydrogen) atoms. The molecule has 0 unspecified atom stereocenters. The van der Waals surface area contributed by atoms with Crippen LogP contribution in [0.3, 0.4) is 0 Å². The molecule has 4 heteroatoms. The zero-order valence-corrected chi connectivity index (χ0v) is 10.4. The Morgan fingerprint density at radius 1 is 1.24 bits per heavy atom. The number of rotatable bonds is 1. The highest BCUT2D eigenvalue weighted by Crippen LogP contribution is 2.37. The zero-order valence-electron chi connectivity index (χ0n) is 9.58. The second kappa shape index (κ2) is 3.42. The molecular formula is C13H14N2OS. The van der Waals surface area contributed by atoms with Gasteiger partial charge >= 0.3 is 0 Å². The molecule has 4 rings (SSSR count). The monoisotopic (exact) mass is 246 g/mol. The third-order valence-electron chi connectivity index (χ3n) is 4.09. The summed E-state index contributed by atoms with van der Waals surface area (Å²) in [6.45, 7) is 0. The number of nitrogens with one attached hydrogen (secondary N) is 1. The maximum Gasteiger partial charge on any atom is 0.259 e. The Bertz CT molecular complexity index is 651. The van der Waals surface area contributed by atoms with Crippen LogP contribution in [-0.2, 0) is 12.8 Å². The number of aryl methyl sites for hydroxylation is 2. The molecule has 2 aromatic heterocycles. The Labute approximate surface area is 103 Å². The standard InChI is InChI=1S/C13H14N2OS/c16-12-10-8-5-2-6-9(8)17-13(10)15-11(14-12)7-3-1-4-7/h7H,1-6H2,(H,14,15,16). The molecule has 0 saturated heterocycles. The summed E-state index contributed by atoms with van der Waals surface area (Å²) in [5, 5.41) is 0.880. The van der Waals surface area contributed by atoms with E-state index >= 15 is 0 Å². The summed E-state index contributed by atoms with van der Waals surface area (Å²) in [4.78, 5) is 22.2. The van der Waals surface area contributed by atoms with Crippen LogP contribution in [0.4, 0.5) is 0 Å². The zero-order chi connectivity index (χ0) is 11.4. The third kappa shape index (κ3) is 1.33. The van der Waals surface area contributed by atoms with Crippen LogP contribution in [0.15, 0.2) is 4.79 Å². The molecule has 1 N–H and O–H groups in total. The van der Waals surface area contributed by atoms with E-state index in [0.717, 1.165) is 28.9 Å². The molecular weight excluding hydrogens is 232 g/mol. The fraction of sp³-hybridized carbons (Fsp3) is 0.538. The molecule has 0 bridgehead atoms. The van der Waals surface area contributed by atoms with E-state index in [0.29, 0.717) is 5.92 Å². The maximum atomic E-state index is 12.2. The number of H-pyrrole nitrogens is 1. The van der Waals surface area contributed by atoms with Gasteiger partial charge in [0.25, 0.3) is 5.56 Å². The summed E-state index contributed by atoms with van der Waals surface area (Å²) in [5.41, 5.74) is 1.37. The van der Waals surface area contributed by atoms with Gasteiger partial charge < -0.3 is 4.98 Å². The van der Waals surface area contributed by atoms with Gasteiger partial charge in [0.05, 0.1) is 5.39 Å². The summed E-state index contributed by atoms with van der Waals surface area (Å²) >= 11 is 1.74. The lowest BCUT2D eigenvalue weighted by Crippen LogP contribution is -2.18. The molecule has 0 aliphatic heterocycles.